The largest absolute Gasteiger partial charge is 0.497 e. The van der Waals surface area contributed by atoms with Crippen molar-refractivity contribution in [1.82, 2.24) is 10.3 Å². The number of benzene rings is 3. The van der Waals surface area contributed by atoms with Gasteiger partial charge >= 0.3 is 0 Å². The van der Waals surface area contributed by atoms with Gasteiger partial charge in [0.1, 0.15) is 11.5 Å². The van der Waals surface area contributed by atoms with E-state index in [0.29, 0.717) is 12.0 Å². The molecule has 0 saturated heterocycles. The molecule has 6 nitrogen and oxygen atoms in total. The predicted molar refractivity (Wildman–Crippen MR) is 130 cm³/mol. The van der Waals surface area contributed by atoms with Crippen LogP contribution in [0.3, 0.4) is 0 Å². The highest BCUT2D eigenvalue weighted by Crippen LogP contribution is 2.35. The van der Waals surface area contributed by atoms with E-state index in [9.17, 15) is 9.90 Å². The van der Waals surface area contributed by atoms with Gasteiger partial charge in [-0.3, -0.25) is 4.79 Å². The van der Waals surface area contributed by atoms with Crippen LogP contribution in [-0.2, 0) is 6.42 Å². The number of aromatic amines is 1. The maximum atomic E-state index is 13.0. The molecule has 0 aliphatic carbocycles. The van der Waals surface area contributed by atoms with Crippen LogP contribution in [0.15, 0.2) is 66.9 Å². The molecule has 1 aromatic heterocycles. The van der Waals surface area contributed by atoms with Crippen LogP contribution >= 0.6 is 0 Å². The molecule has 3 N–H and O–H groups in total. The van der Waals surface area contributed by atoms with E-state index in [4.69, 9.17) is 9.47 Å². The molecule has 1 amide bonds. The normalized spacial score (nSPS) is 11.9. The van der Waals surface area contributed by atoms with Gasteiger partial charge in [-0.15, -0.1) is 0 Å². The second-order valence-electron chi connectivity index (χ2n) is 8.01. The Kier molecular flexibility index (Phi) is 6.66. The quantitative estimate of drug-likeness (QED) is 0.374. The summed E-state index contributed by atoms with van der Waals surface area (Å²) < 4.78 is 10.9. The van der Waals surface area contributed by atoms with Gasteiger partial charge in [0, 0.05) is 28.2 Å². The van der Waals surface area contributed by atoms with Crippen molar-refractivity contribution < 1.29 is 19.4 Å². The van der Waals surface area contributed by atoms with Gasteiger partial charge in [-0.2, -0.15) is 0 Å². The van der Waals surface area contributed by atoms with E-state index >= 15 is 0 Å². The summed E-state index contributed by atoms with van der Waals surface area (Å²) >= 11 is 0. The number of rotatable bonds is 8. The fourth-order valence-electron chi connectivity index (χ4n) is 4.13. The summed E-state index contributed by atoms with van der Waals surface area (Å²) in [5.74, 6) is 1.24. The fraction of sp³-hybridized carbons (Fsp3) is 0.222. The number of aliphatic hydroxyl groups is 1. The molecular formula is C27H28N2O4. The predicted octanol–water partition coefficient (Wildman–Crippen LogP) is 4.49. The minimum absolute atomic E-state index is 0.149. The van der Waals surface area contributed by atoms with Crippen molar-refractivity contribution in [2.24, 2.45) is 0 Å². The standard InChI is InChI=1S/C27H28N2O4/c1-17-12-18(8-10-22(17)24-14-21(32-2)9-11-26(24)33-3)27(31)29-20(16-30)13-19-15-28-25-7-5-4-6-23(19)25/h4-12,14-15,20,28,30H,13,16H2,1-3H3,(H,29,31)/t20-/m1/s1. The minimum Gasteiger partial charge on any atom is -0.497 e. The van der Waals surface area contributed by atoms with Gasteiger partial charge in [0.05, 0.1) is 26.9 Å². The summed E-state index contributed by atoms with van der Waals surface area (Å²) in [6.07, 6.45) is 2.46. The summed E-state index contributed by atoms with van der Waals surface area (Å²) in [6, 6.07) is 18.8. The molecule has 33 heavy (non-hydrogen) atoms. The second kappa shape index (κ2) is 9.79. The van der Waals surface area contributed by atoms with Crippen molar-refractivity contribution in [2.75, 3.05) is 20.8 Å². The van der Waals surface area contributed by atoms with Crippen molar-refractivity contribution in [3.05, 3.63) is 83.6 Å². The number of nitrogens with one attached hydrogen (secondary N) is 2. The van der Waals surface area contributed by atoms with E-state index in [-0.39, 0.29) is 12.5 Å². The number of hydrogen-bond donors (Lipinski definition) is 3. The van der Waals surface area contributed by atoms with E-state index in [1.807, 2.05) is 67.7 Å². The highest BCUT2D eigenvalue weighted by Gasteiger charge is 2.17. The SMILES string of the molecule is COc1ccc(OC)c(-c2ccc(C(=O)N[C@@H](CO)Cc3c[nH]c4ccccc34)cc2C)c1. The van der Waals surface area contributed by atoms with Gasteiger partial charge in [0.15, 0.2) is 0 Å². The highest BCUT2D eigenvalue weighted by atomic mass is 16.5. The molecule has 1 heterocycles. The lowest BCUT2D eigenvalue weighted by Gasteiger charge is -2.17. The van der Waals surface area contributed by atoms with Crippen LogP contribution in [0.2, 0.25) is 0 Å². The van der Waals surface area contributed by atoms with E-state index in [1.165, 1.54) is 0 Å². The van der Waals surface area contributed by atoms with E-state index in [2.05, 4.69) is 10.3 Å². The van der Waals surface area contributed by atoms with Crippen molar-refractivity contribution >= 4 is 16.8 Å². The zero-order valence-electron chi connectivity index (χ0n) is 19.0. The van der Waals surface area contributed by atoms with E-state index in [1.54, 1.807) is 20.3 Å². The molecule has 0 fully saturated rings. The van der Waals surface area contributed by atoms with Gasteiger partial charge in [0.2, 0.25) is 0 Å². The lowest BCUT2D eigenvalue weighted by Crippen LogP contribution is -2.39. The first-order valence-electron chi connectivity index (χ1n) is 10.8. The Morgan fingerprint density at radius 3 is 2.58 bits per heavy atom. The number of carbonyl (C=O) groups is 1. The Morgan fingerprint density at radius 1 is 1.03 bits per heavy atom. The Bertz CT molecular complexity index is 1280. The zero-order valence-corrected chi connectivity index (χ0v) is 19.0. The fourth-order valence-corrected chi connectivity index (χ4v) is 4.13. The topological polar surface area (TPSA) is 83.6 Å². The van der Waals surface area contributed by atoms with Gasteiger partial charge in [-0.25, -0.2) is 0 Å². The van der Waals surface area contributed by atoms with Crippen molar-refractivity contribution in [1.29, 1.82) is 0 Å². The van der Waals surface area contributed by atoms with Crippen LogP contribution in [0.4, 0.5) is 0 Å². The van der Waals surface area contributed by atoms with Gasteiger partial charge in [-0.05, 0) is 66.4 Å². The monoisotopic (exact) mass is 444 g/mol. The average molecular weight is 445 g/mol. The molecule has 0 saturated carbocycles. The minimum atomic E-state index is -0.393. The number of aliphatic hydroxyl groups excluding tert-OH is 1. The molecule has 0 unspecified atom stereocenters. The molecule has 0 aliphatic rings. The van der Waals surface area contributed by atoms with Crippen LogP contribution in [0.1, 0.15) is 21.5 Å². The number of fused-ring (bicyclic) bond motifs is 1. The van der Waals surface area contributed by atoms with Crippen LogP contribution < -0.4 is 14.8 Å². The number of carbonyl (C=O) groups excluding carboxylic acids is 1. The highest BCUT2D eigenvalue weighted by molar-refractivity contribution is 5.95. The molecule has 170 valence electrons. The summed E-state index contributed by atoms with van der Waals surface area (Å²) in [4.78, 5) is 16.2. The van der Waals surface area contributed by atoms with Crippen molar-refractivity contribution in [2.45, 2.75) is 19.4 Å². The summed E-state index contributed by atoms with van der Waals surface area (Å²) in [5, 5.41) is 14.0. The number of aromatic nitrogens is 1. The summed E-state index contributed by atoms with van der Waals surface area (Å²) in [7, 11) is 3.25. The lowest BCUT2D eigenvalue weighted by molar-refractivity contribution is 0.0916. The molecule has 4 rings (SSSR count). The summed E-state index contributed by atoms with van der Waals surface area (Å²) in [5.41, 5.74) is 5.42. The van der Waals surface area contributed by atoms with Gasteiger partial charge < -0.3 is 24.9 Å². The third-order valence-corrected chi connectivity index (χ3v) is 5.88. The molecule has 3 aromatic carbocycles. The summed E-state index contributed by atoms with van der Waals surface area (Å²) in [6.45, 7) is 1.81. The maximum absolute atomic E-state index is 13.0. The molecule has 4 aromatic rings. The van der Waals surface area contributed by atoms with Crippen molar-refractivity contribution in [3.8, 4) is 22.6 Å². The van der Waals surface area contributed by atoms with E-state index < -0.39 is 6.04 Å². The van der Waals surface area contributed by atoms with Crippen LogP contribution in [-0.4, -0.2) is 42.9 Å². The van der Waals surface area contributed by atoms with Crippen LogP contribution in [0.25, 0.3) is 22.0 Å². The third-order valence-electron chi connectivity index (χ3n) is 5.88. The number of methoxy groups -OCH3 is 2. The number of para-hydroxylation sites is 1. The average Bonchev–Trinajstić information content (AvgIpc) is 3.25. The first-order chi connectivity index (χ1) is 16.0. The first kappa shape index (κ1) is 22.4. The Morgan fingerprint density at radius 2 is 1.85 bits per heavy atom. The molecule has 0 bridgehead atoms. The van der Waals surface area contributed by atoms with Crippen molar-refractivity contribution in [3.63, 3.8) is 0 Å². The van der Waals surface area contributed by atoms with Gasteiger partial charge in [-0.1, -0.05) is 24.3 Å². The Labute approximate surface area is 193 Å². The molecule has 1 atom stereocenters. The first-order valence-corrected chi connectivity index (χ1v) is 10.8. The number of H-pyrrole nitrogens is 1. The Balaban J connectivity index is 1.53. The van der Waals surface area contributed by atoms with Crippen LogP contribution in [0, 0.1) is 6.92 Å². The number of aryl methyl sites for hydroxylation is 1. The molecule has 6 heteroatoms. The number of hydrogen-bond acceptors (Lipinski definition) is 4. The lowest BCUT2D eigenvalue weighted by atomic mass is 9.97. The Hall–Kier alpha value is -3.77. The van der Waals surface area contributed by atoms with Crippen LogP contribution in [0.5, 0.6) is 11.5 Å². The third kappa shape index (κ3) is 4.71. The zero-order chi connectivity index (χ0) is 23.4. The number of ether oxygens (including phenoxy) is 2. The second-order valence-corrected chi connectivity index (χ2v) is 8.01. The molecule has 0 spiro atoms. The molecule has 0 aliphatic heterocycles. The number of amides is 1. The van der Waals surface area contributed by atoms with Gasteiger partial charge in [0.25, 0.3) is 5.91 Å². The maximum Gasteiger partial charge on any atom is 0.251 e. The molecular weight excluding hydrogens is 416 g/mol. The molecule has 0 radical (unpaired) electrons. The van der Waals surface area contributed by atoms with E-state index in [0.717, 1.165) is 44.7 Å². The smallest absolute Gasteiger partial charge is 0.251 e.